The molecule has 1 atom stereocenters. The zero-order chi connectivity index (χ0) is 23.7. The molecule has 2 aromatic carbocycles. The van der Waals surface area contributed by atoms with E-state index in [1.165, 1.54) is 6.07 Å². The van der Waals surface area contributed by atoms with Crippen molar-refractivity contribution in [1.29, 1.82) is 0 Å². The molecule has 4 aromatic rings. The Labute approximate surface area is 205 Å². The van der Waals surface area contributed by atoms with Crippen LogP contribution in [0.2, 0.25) is 10.0 Å². The van der Waals surface area contributed by atoms with Crippen molar-refractivity contribution in [3.05, 3.63) is 90.9 Å². The van der Waals surface area contributed by atoms with Crippen LogP contribution in [-0.2, 0) is 17.8 Å². The van der Waals surface area contributed by atoms with E-state index in [9.17, 15) is 9.59 Å². The highest BCUT2D eigenvalue weighted by atomic mass is 35.5. The molecule has 1 unspecified atom stereocenters. The van der Waals surface area contributed by atoms with Gasteiger partial charge >= 0.3 is 0 Å². The van der Waals surface area contributed by atoms with E-state index < -0.39 is 0 Å². The fourth-order valence-electron chi connectivity index (χ4n) is 4.38. The highest BCUT2D eigenvalue weighted by Gasteiger charge is 2.20. The lowest BCUT2D eigenvalue weighted by atomic mass is 10.1. The number of hydrogen-bond acceptors (Lipinski definition) is 4. The van der Waals surface area contributed by atoms with Crippen LogP contribution in [0.3, 0.4) is 0 Å². The Morgan fingerprint density at radius 1 is 1.03 bits per heavy atom. The quantitative estimate of drug-likeness (QED) is 0.422. The molecule has 1 saturated heterocycles. The van der Waals surface area contributed by atoms with Gasteiger partial charge in [0.1, 0.15) is 0 Å². The fraction of sp³-hybridized carbons (Fsp3) is 0.280. The number of halogens is 2. The number of fused-ring (bicyclic) bond motifs is 1. The second-order valence-electron chi connectivity index (χ2n) is 8.40. The average molecular weight is 499 g/mol. The third-order valence-corrected chi connectivity index (χ3v) is 6.54. The van der Waals surface area contributed by atoms with E-state index in [1.54, 1.807) is 33.5 Å². The van der Waals surface area contributed by atoms with Crippen LogP contribution in [0, 0.1) is 0 Å². The molecule has 0 saturated carbocycles. The smallest absolute Gasteiger partial charge is 0.276 e. The number of ether oxygens (including phenoxy) is 1. The second-order valence-corrected chi connectivity index (χ2v) is 9.27. The maximum atomic E-state index is 13.6. The molecule has 5 rings (SSSR count). The third kappa shape index (κ3) is 4.70. The van der Waals surface area contributed by atoms with Gasteiger partial charge in [0.25, 0.3) is 11.1 Å². The summed E-state index contributed by atoms with van der Waals surface area (Å²) in [6.07, 6.45) is 0.727. The summed E-state index contributed by atoms with van der Waals surface area (Å²) in [6, 6.07) is 16.0. The first-order valence-electron chi connectivity index (χ1n) is 11.2. The van der Waals surface area contributed by atoms with Crippen LogP contribution in [0.5, 0.6) is 0 Å². The molecule has 0 amide bonds. The molecule has 0 spiro atoms. The van der Waals surface area contributed by atoms with Gasteiger partial charge in [0.2, 0.25) is 0 Å². The third-order valence-electron chi connectivity index (χ3n) is 6.06. The molecule has 3 heterocycles. The number of hydrogen-bond donors (Lipinski definition) is 2. The van der Waals surface area contributed by atoms with Crippen molar-refractivity contribution in [2.45, 2.75) is 25.6 Å². The lowest BCUT2D eigenvalue weighted by Gasteiger charge is -2.23. The fourth-order valence-corrected chi connectivity index (χ4v) is 4.70. The van der Waals surface area contributed by atoms with Crippen LogP contribution in [-0.4, -0.2) is 40.1 Å². The van der Waals surface area contributed by atoms with Gasteiger partial charge in [-0.05, 0) is 36.2 Å². The monoisotopic (exact) mass is 498 g/mol. The molecule has 1 fully saturated rings. The van der Waals surface area contributed by atoms with Crippen molar-refractivity contribution in [3.8, 4) is 11.3 Å². The number of morpholine rings is 1. The van der Waals surface area contributed by atoms with Gasteiger partial charge in [0.15, 0.2) is 0 Å². The molecule has 1 aliphatic heterocycles. The van der Waals surface area contributed by atoms with Crippen molar-refractivity contribution in [2.24, 2.45) is 0 Å². The molecule has 0 radical (unpaired) electrons. The Bertz CT molecular complexity index is 1430. The summed E-state index contributed by atoms with van der Waals surface area (Å²) in [5.41, 5.74) is 2.24. The van der Waals surface area contributed by atoms with Crippen LogP contribution < -0.4 is 16.4 Å². The minimum absolute atomic E-state index is 0.0457. The van der Waals surface area contributed by atoms with Crippen molar-refractivity contribution in [3.63, 3.8) is 0 Å². The van der Waals surface area contributed by atoms with Crippen LogP contribution in [0.25, 0.3) is 22.2 Å². The summed E-state index contributed by atoms with van der Waals surface area (Å²) < 4.78 is 8.94. The van der Waals surface area contributed by atoms with Crippen molar-refractivity contribution < 1.29 is 4.74 Å². The molecule has 0 aliphatic carbocycles. The summed E-state index contributed by atoms with van der Waals surface area (Å²) in [4.78, 5) is 26.8. The summed E-state index contributed by atoms with van der Waals surface area (Å²) >= 11 is 12.3. The topological polar surface area (TPSA) is 81.0 Å². The highest BCUT2D eigenvalue weighted by molar-refractivity contribution is 6.31. The minimum Gasteiger partial charge on any atom is -0.376 e. The number of H-pyrrole nitrogens is 1. The maximum absolute atomic E-state index is 13.6. The number of aromatic nitrogens is 3. The van der Waals surface area contributed by atoms with E-state index in [-0.39, 0.29) is 17.2 Å². The molecule has 34 heavy (non-hydrogen) atoms. The van der Waals surface area contributed by atoms with E-state index in [4.69, 9.17) is 27.9 Å². The number of nitrogens with zero attached hydrogens (tertiary/aromatic N) is 2. The molecule has 9 heteroatoms. The Hall–Kier alpha value is -2.84. The molecular formula is C25H24Cl2N4O3. The largest absolute Gasteiger partial charge is 0.376 e. The number of aromatic amines is 1. The van der Waals surface area contributed by atoms with Gasteiger partial charge in [-0.3, -0.25) is 19.4 Å². The zero-order valence-electron chi connectivity index (χ0n) is 18.4. The summed E-state index contributed by atoms with van der Waals surface area (Å²) in [7, 11) is 0. The van der Waals surface area contributed by atoms with Crippen LogP contribution in [0.15, 0.2) is 64.2 Å². The average Bonchev–Trinajstić information content (AvgIpc) is 3.15. The summed E-state index contributed by atoms with van der Waals surface area (Å²) in [5.74, 6) is 0. The lowest BCUT2D eigenvalue weighted by molar-refractivity contribution is 0.0204. The van der Waals surface area contributed by atoms with Gasteiger partial charge in [-0.1, -0.05) is 47.5 Å². The molecule has 1 aliphatic rings. The summed E-state index contributed by atoms with van der Waals surface area (Å²) in [5, 5.41) is 8.03. The number of aryl methyl sites for hydroxylation is 1. The Morgan fingerprint density at radius 3 is 2.59 bits per heavy atom. The normalized spacial score (nSPS) is 16.2. The summed E-state index contributed by atoms with van der Waals surface area (Å²) in [6.45, 7) is 3.01. The number of rotatable bonds is 6. The molecule has 0 bridgehead atoms. The van der Waals surface area contributed by atoms with Crippen LogP contribution >= 0.6 is 23.2 Å². The predicted octanol–water partition coefficient (Wildman–Crippen LogP) is 3.89. The van der Waals surface area contributed by atoms with E-state index in [0.29, 0.717) is 58.3 Å². The lowest BCUT2D eigenvalue weighted by Crippen LogP contribution is -2.39. The first kappa shape index (κ1) is 22.9. The number of nitrogens with one attached hydrogen (secondary N) is 2. The van der Waals surface area contributed by atoms with E-state index >= 15 is 0 Å². The number of benzene rings is 2. The molecule has 176 valence electrons. The van der Waals surface area contributed by atoms with Gasteiger partial charge in [0.05, 0.1) is 35.9 Å². The van der Waals surface area contributed by atoms with Gasteiger partial charge < -0.3 is 14.6 Å². The SMILES string of the molecule is O=c1c2c(-c3cccc(Cl)c3)n(Cc3ccc(Cl)cc3)c(=O)cc2[nH]n1CCC1CNCCO1. The van der Waals surface area contributed by atoms with Crippen LogP contribution in [0.1, 0.15) is 12.0 Å². The van der Waals surface area contributed by atoms with Gasteiger partial charge in [-0.2, -0.15) is 0 Å². The highest BCUT2D eigenvalue weighted by Crippen LogP contribution is 2.28. The maximum Gasteiger partial charge on any atom is 0.276 e. The van der Waals surface area contributed by atoms with E-state index in [0.717, 1.165) is 18.7 Å². The number of pyridine rings is 1. The molecular weight excluding hydrogens is 475 g/mol. The Kier molecular flexibility index (Phi) is 6.61. The molecule has 2 N–H and O–H groups in total. The van der Waals surface area contributed by atoms with Crippen molar-refractivity contribution in [2.75, 3.05) is 19.7 Å². The van der Waals surface area contributed by atoms with Gasteiger partial charge in [0, 0.05) is 41.3 Å². The zero-order valence-corrected chi connectivity index (χ0v) is 19.9. The predicted molar refractivity (Wildman–Crippen MR) is 135 cm³/mol. The standard InChI is InChI=1S/C25H24Cl2N4O3/c26-18-6-4-16(5-7-18)15-30-22(32)13-21-23(24(30)17-2-1-3-19(27)12-17)25(33)31(29-21)10-8-20-14-28-9-11-34-20/h1-7,12-13,20,28-29H,8-11,14-15H2. The molecule has 7 nitrogen and oxygen atoms in total. The first-order chi connectivity index (χ1) is 16.5. The van der Waals surface area contributed by atoms with E-state index in [1.807, 2.05) is 24.3 Å². The Balaban J connectivity index is 1.63. The minimum atomic E-state index is -0.217. The first-order valence-corrected chi connectivity index (χ1v) is 11.9. The van der Waals surface area contributed by atoms with Gasteiger partial charge in [-0.15, -0.1) is 0 Å². The van der Waals surface area contributed by atoms with E-state index in [2.05, 4.69) is 10.4 Å². The molecule has 2 aromatic heterocycles. The second kappa shape index (κ2) is 9.80. The van der Waals surface area contributed by atoms with Crippen molar-refractivity contribution >= 4 is 34.1 Å². The van der Waals surface area contributed by atoms with Gasteiger partial charge in [-0.25, -0.2) is 0 Å². The van der Waals surface area contributed by atoms with Crippen LogP contribution in [0.4, 0.5) is 0 Å². The van der Waals surface area contributed by atoms with Crippen molar-refractivity contribution in [1.82, 2.24) is 19.7 Å². The Morgan fingerprint density at radius 2 is 1.85 bits per heavy atom.